The maximum atomic E-state index is 12.5. The Morgan fingerprint density at radius 2 is 1.76 bits per heavy atom. The van der Waals surface area contributed by atoms with Gasteiger partial charge in [-0.1, -0.05) is 44.5 Å². The number of carboxylic acid groups (broad SMARTS) is 1. The van der Waals surface area contributed by atoms with E-state index in [-0.39, 0.29) is 11.8 Å². The first-order valence-corrected chi connectivity index (χ1v) is 8.48. The van der Waals surface area contributed by atoms with Crippen LogP contribution in [0.4, 0.5) is 0 Å². The highest BCUT2D eigenvalue weighted by molar-refractivity contribution is 5.90. The fourth-order valence-corrected chi connectivity index (χ4v) is 2.75. The number of ether oxygens (including phenoxy) is 1. The molecule has 2 aromatic rings. The number of hydrogen-bond acceptors (Lipinski definition) is 3. The average molecular weight is 343 g/mol. The lowest BCUT2D eigenvalue weighted by atomic mass is 9.95. The van der Waals surface area contributed by atoms with Gasteiger partial charge in [-0.25, -0.2) is 4.79 Å². The number of carboxylic acids is 1. The zero-order chi connectivity index (χ0) is 18.6. The maximum absolute atomic E-state index is 12.5. The van der Waals surface area contributed by atoms with E-state index in [4.69, 9.17) is 4.74 Å². The average Bonchev–Trinajstić information content (AvgIpc) is 2.63. The summed E-state index contributed by atoms with van der Waals surface area (Å²) in [6.07, 6.45) is 0.684. The summed E-state index contributed by atoms with van der Waals surface area (Å²) in [6.45, 7) is 5.52. The highest BCUT2D eigenvalue weighted by Gasteiger charge is 2.27. The molecular weight excluding hydrogens is 318 g/mol. The predicted octanol–water partition coefficient (Wildman–Crippen LogP) is 3.57. The molecule has 0 radical (unpaired) electrons. The van der Waals surface area contributed by atoms with Gasteiger partial charge in [0, 0.05) is 0 Å². The van der Waals surface area contributed by atoms with Crippen LogP contribution >= 0.6 is 0 Å². The molecule has 0 fully saturated rings. The molecule has 0 saturated carbocycles. The van der Waals surface area contributed by atoms with Crippen LogP contribution in [0.5, 0.6) is 5.75 Å². The summed E-state index contributed by atoms with van der Waals surface area (Å²) in [4.78, 5) is 23.9. The standard InChI is InChI=1S/C20H25NO4/c1-5-12(2)18(20(23)24)21-19(22)13(3)14-6-7-16-11-17(25-4)9-8-15(16)10-14/h6-13,18H,5H2,1-4H3,(H,21,22)(H,23,24)/t12?,13-,18?/m0/s1. The summed E-state index contributed by atoms with van der Waals surface area (Å²) in [5.74, 6) is -1.06. The second kappa shape index (κ2) is 8.01. The molecule has 5 nitrogen and oxygen atoms in total. The van der Waals surface area contributed by atoms with Crippen molar-refractivity contribution in [2.45, 2.75) is 39.2 Å². The largest absolute Gasteiger partial charge is 0.497 e. The molecule has 0 aliphatic heterocycles. The van der Waals surface area contributed by atoms with Gasteiger partial charge in [-0.2, -0.15) is 0 Å². The Bertz CT molecular complexity index is 771. The van der Waals surface area contributed by atoms with Gasteiger partial charge in [0.2, 0.25) is 5.91 Å². The summed E-state index contributed by atoms with van der Waals surface area (Å²) >= 11 is 0. The fraction of sp³-hybridized carbons (Fsp3) is 0.400. The van der Waals surface area contributed by atoms with E-state index in [9.17, 15) is 14.7 Å². The third-order valence-corrected chi connectivity index (χ3v) is 4.74. The Kier molecular flexibility index (Phi) is 6.02. The van der Waals surface area contributed by atoms with E-state index in [0.29, 0.717) is 6.42 Å². The minimum Gasteiger partial charge on any atom is -0.497 e. The second-order valence-electron chi connectivity index (χ2n) is 6.40. The molecule has 0 bridgehead atoms. The molecule has 134 valence electrons. The van der Waals surface area contributed by atoms with E-state index >= 15 is 0 Å². The molecule has 1 amide bonds. The van der Waals surface area contributed by atoms with Crippen LogP contribution in [0.3, 0.4) is 0 Å². The Morgan fingerprint density at radius 3 is 2.36 bits per heavy atom. The maximum Gasteiger partial charge on any atom is 0.326 e. The molecule has 0 heterocycles. The minimum atomic E-state index is -1.000. The summed E-state index contributed by atoms with van der Waals surface area (Å²) in [6, 6.07) is 10.7. The Hall–Kier alpha value is -2.56. The topological polar surface area (TPSA) is 75.6 Å². The Balaban J connectivity index is 2.21. The molecule has 2 rings (SSSR count). The van der Waals surface area contributed by atoms with Crippen molar-refractivity contribution in [1.82, 2.24) is 5.32 Å². The number of carbonyl (C=O) groups is 2. The fourth-order valence-electron chi connectivity index (χ4n) is 2.75. The zero-order valence-electron chi connectivity index (χ0n) is 15.1. The Labute approximate surface area is 148 Å². The van der Waals surface area contributed by atoms with Crippen molar-refractivity contribution in [2.75, 3.05) is 7.11 Å². The molecule has 2 unspecified atom stereocenters. The first kappa shape index (κ1) is 18.8. The summed E-state index contributed by atoms with van der Waals surface area (Å²) in [7, 11) is 1.62. The molecule has 2 aromatic carbocycles. The van der Waals surface area contributed by atoms with Crippen molar-refractivity contribution in [3.05, 3.63) is 42.0 Å². The highest BCUT2D eigenvalue weighted by Crippen LogP contribution is 2.25. The van der Waals surface area contributed by atoms with E-state index < -0.39 is 17.9 Å². The van der Waals surface area contributed by atoms with Crippen LogP contribution in [0.15, 0.2) is 36.4 Å². The van der Waals surface area contributed by atoms with Gasteiger partial charge in [0.25, 0.3) is 0 Å². The molecule has 0 saturated heterocycles. The highest BCUT2D eigenvalue weighted by atomic mass is 16.5. The summed E-state index contributed by atoms with van der Waals surface area (Å²) < 4.78 is 5.22. The SMILES string of the molecule is CCC(C)C(NC(=O)[C@@H](C)c1ccc2cc(OC)ccc2c1)C(=O)O. The molecule has 3 atom stereocenters. The normalized spacial score (nSPS) is 14.6. The second-order valence-corrected chi connectivity index (χ2v) is 6.40. The zero-order valence-corrected chi connectivity index (χ0v) is 15.1. The first-order chi connectivity index (χ1) is 11.9. The number of carbonyl (C=O) groups excluding carboxylic acids is 1. The van der Waals surface area contributed by atoms with E-state index in [1.54, 1.807) is 14.0 Å². The number of fused-ring (bicyclic) bond motifs is 1. The molecule has 0 aromatic heterocycles. The molecule has 25 heavy (non-hydrogen) atoms. The van der Waals surface area contributed by atoms with Crippen LogP contribution < -0.4 is 10.1 Å². The van der Waals surface area contributed by atoms with Gasteiger partial charge in [0.1, 0.15) is 11.8 Å². The number of amides is 1. The quantitative estimate of drug-likeness (QED) is 0.806. The minimum absolute atomic E-state index is 0.127. The number of nitrogens with one attached hydrogen (secondary N) is 1. The summed E-state index contributed by atoms with van der Waals surface area (Å²) in [5.41, 5.74) is 0.850. The lowest BCUT2D eigenvalue weighted by molar-refractivity contribution is -0.143. The van der Waals surface area contributed by atoms with Crippen LogP contribution in [-0.2, 0) is 9.59 Å². The number of rotatable bonds is 7. The van der Waals surface area contributed by atoms with Gasteiger partial charge in [-0.3, -0.25) is 4.79 Å². The van der Waals surface area contributed by atoms with Crippen molar-refractivity contribution in [3.63, 3.8) is 0 Å². The van der Waals surface area contributed by atoms with Crippen molar-refractivity contribution in [3.8, 4) is 5.75 Å². The van der Waals surface area contributed by atoms with Crippen LogP contribution in [0.2, 0.25) is 0 Å². The van der Waals surface area contributed by atoms with Gasteiger partial charge in [0.05, 0.1) is 13.0 Å². The summed E-state index contributed by atoms with van der Waals surface area (Å²) in [5, 5.41) is 14.0. The first-order valence-electron chi connectivity index (χ1n) is 8.48. The molecule has 5 heteroatoms. The lowest BCUT2D eigenvalue weighted by Crippen LogP contribution is -2.46. The van der Waals surface area contributed by atoms with Crippen LogP contribution in [0.1, 0.15) is 38.7 Å². The van der Waals surface area contributed by atoms with Gasteiger partial charge >= 0.3 is 5.97 Å². The molecule has 0 aliphatic rings. The van der Waals surface area contributed by atoms with E-state index in [0.717, 1.165) is 22.1 Å². The van der Waals surface area contributed by atoms with Gasteiger partial charge in [-0.15, -0.1) is 0 Å². The van der Waals surface area contributed by atoms with E-state index in [1.165, 1.54) is 0 Å². The molecular formula is C20H25NO4. The Morgan fingerprint density at radius 1 is 1.12 bits per heavy atom. The number of methoxy groups -OCH3 is 1. The lowest BCUT2D eigenvalue weighted by Gasteiger charge is -2.22. The van der Waals surface area contributed by atoms with Crippen LogP contribution in [-0.4, -0.2) is 30.1 Å². The van der Waals surface area contributed by atoms with E-state index in [1.807, 2.05) is 50.2 Å². The predicted molar refractivity (Wildman–Crippen MR) is 97.9 cm³/mol. The third-order valence-electron chi connectivity index (χ3n) is 4.74. The third kappa shape index (κ3) is 4.29. The van der Waals surface area contributed by atoms with Crippen molar-refractivity contribution >= 4 is 22.6 Å². The van der Waals surface area contributed by atoms with Gasteiger partial charge in [-0.05, 0) is 41.3 Å². The van der Waals surface area contributed by atoms with Crippen molar-refractivity contribution < 1.29 is 19.4 Å². The van der Waals surface area contributed by atoms with Crippen molar-refractivity contribution in [1.29, 1.82) is 0 Å². The number of benzene rings is 2. The number of aliphatic carboxylic acids is 1. The van der Waals surface area contributed by atoms with Gasteiger partial charge in [0.15, 0.2) is 0 Å². The van der Waals surface area contributed by atoms with Crippen LogP contribution in [0, 0.1) is 5.92 Å². The van der Waals surface area contributed by atoms with Crippen molar-refractivity contribution in [2.24, 2.45) is 5.92 Å². The van der Waals surface area contributed by atoms with Crippen LogP contribution in [0.25, 0.3) is 10.8 Å². The molecule has 2 N–H and O–H groups in total. The monoisotopic (exact) mass is 343 g/mol. The molecule has 0 spiro atoms. The van der Waals surface area contributed by atoms with Gasteiger partial charge < -0.3 is 15.2 Å². The molecule has 0 aliphatic carbocycles. The van der Waals surface area contributed by atoms with E-state index in [2.05, 4.69) is 5.32 Å². The number of hydrogen-bond donors (Lipinski definition) is 2. The smallest absolute Gasteiger partial charge is 0.326 e.